The van der Waals surface area contributed by atoms with E-state index in [1.54, 1.807) is 0 Å². The maximum atomic E-state index is 3.79. The molecular formula is C10H19BrMg. The molecule has 0 N–H and O–H groups in total. The third-order valence-corrected chi connectivity index (χ3v) is 7.51. The fourth-order valence-electron chi connectivity index (χ4n) is 2.47. The van der Waals surface area contributed by atoms with Crippen molar-refractivity contribution in [2.75, 3.05) is 0 Å². The average molecular weight is 243 g/mol. The van der Waals surface area contributed by atoms with Crippen LogP contribution in [0, 0.1) is 11.8 Å². The summed E-state index contributed by atoms with van der Waals surface area (Å²) in [6, 6.07) is 0. The predicted molar refractivity (Wildman–Crippen MR) is 59.8 cm³/mol. The third-order valence-electron chi connectivity index (χ3n) is 3.44. The van der Waals surface area contributed by atoms with E-state index in [1.807, 2.05) is 0 Å². The molecule has 1 aliphatic carbocycles. The summed E-state index contributed by atoms with van der Waals surface area (Å²) in [5.41, 5.74) is 0. The highest BCUT2D eigenvalue weighted by Crippen LogP contribution is 2.44. The highest BCUT2D eigenvalue weighted by molar-refractivity contribution is 9.23. The van der Waals surface area contributed by atoms with Gasteiger partial charge in [0.05, 0.1) is 0 Å². The monoisotopic (exact) mass is 242 g/mol. The fraction of sp³-hybridized carbons (Fsp3) is 1.00. The minimum absolute atomic E-state index is 0.0801. The molecule has 68 valence electrons. The fourth-order valence-corrected chi connectivity index (χ4v) is 7.24. The molecule has 1 saturated carbocycles. The molecule has 1 fully saturated rings. The van der Waals surface area contributed by atoms with Crippen LogP contribution in [-0.2, 0) is 0 Å². The zero-order valence-electron chi connectivity index (χ0n) is 8.35. The van der Waals surface area contributed by atoms with Crippen molar-refractivity contribution in [2.45, 2.75) is 50.0 Å². The van der Waals surface area contributed by atoms with E-state index in [9.17, 15) is 0 Å². The van der Waals surface area contributed by atoms with Gasteiger partial charge >= 0.3 is 18.2 Å². The molecule has 1 rings (SSSR count). The molecular weight excluding hydrogens is 224 g/mol. The van der Waals surface area contributed by atoms with Gasteiger partial charge in [0.15, 0.2) is 0 Å². The number of halogens is 1. The standard InChI is InChI=1S/C10H19.BrH.Mg/c1-3-4-5-10-7-6-9(2)8-10;;/h8-10H,3-7H2,1-2H3;1H;/q;;+1/p-1. The molecule has 0 aromatic carbocycles. The van der Waals surface area contributed by atoms with Gasteiger partial charge in [-0.05, 0) is 0 Å². The lowest BCUT2D eigenvalue weighted by atomic mass is 9.98. The number of unbranched alkanes of at least 4 members (excludes halogenated alkanes) is 1. The van der Waals surface area contributed by atoms with Crippen LogP contribution in [0.15, 0.2) is 0 Å². The first-order valence-corrected chi connectivity index (χ1v) is 10.1. The Morgan fingerprint density at radius 1 is 1.42 bits per heavy atom. The Kier molecular flexibility index (Phi) is 5.54. The summed E-state index contributed by atoms with van der Waals surface area (Å²) < 4.78 is 1.11. The van der Waals surface area contributed by atoms with Crippen LogP contribution in [0.2, 0.25) is 4.05 Å². The van der Waals surface area contributed by atoms with Crippen LogP contribution in [0.3, 0.4) is 0 Å². The smallest absolute Gasteiger partial charge is 0.306 e. The third kappa shape index (κ3) is 2.88. The number of hydrogen-bond acceptors (Lipinski definition) is 0. The second-order valence-corrected chi connectivity index (χ2v) is 7.47. The topological polar surface area (TPSA) is 0 Å². The van der Waals surface area contributed by atoms with Gasteiger partial charge in [0.25, 0.3) is 0 Å². The van der Waals surface area contributed by atoms with Crippen molar-refractivity contribution >= 4 is 31.1 Å². The van der Waals surface area contributed by atoms with Crippen molar-refractivity contribution < 1.29 is 0 Å². The van der Waals surface area contributed by atoms with Gasteiger partial charge in [-0.15, -0.1) is 4.05 Å². The highest BCUT2D eigenvalue weighted by atomic mass is 79.9. The second kappa shape index (κ2) is 5.87. The molecule has 0 aromatic rings. The summed E-state index contributed by atoms with van der Waals surface area (Å²) in [6.07, 6.45) is 7.35. The second-order valence-electron chi connectivity index (χ2n) is 4.28. The van der Waals surface area contributed by atoms with E-state index in [0.29, 0.717) is 0 Å². The van der Waals surface area contributed by atoms with Gasteiger partial charge in [-0.2, -0.15) is 0 Å². The number of hydrogen-bond donors (Lipinski definition) is 0. The maximum Gasteiger partial charge on any atom is 0.472 e. The van der Waals surface area contributed by atoms with Gasteiger partial charge in [-0.25, -0.2) is 0 Å². The minimum Gasteiger partial charge on any atom is -0.306 e. The lowest BCUT2D eigenvalue weighted by molar-refractivity contribution is 0.461. The molecule has 12 heavy (non-hydrogen) atoms. The SMILES string of the molecule is CCCCC1CCC(C)[CH]1[Mg][Br]. The van der Waals surface area contributed by atoms with E-state index in [-0.39, 0.29) is 18.2 Å². The van der Waals surface area contributed by atoms with Gasteiger partial charge in [-0.1, -0.05) is 57.8 Å². The molecule has 0 aliphatic heterocycles. The van der Waals surface area contributed by atoms with Gasteiger partial charge in [0, 0.05) is 0 Å². The van der Waals surface area contributed by atoms with E-state index < -0.39 is 0 Å². The molecule has 0 bridgehead atoms. The lowest BCUT2D eigenvalue weighted by Gasteiger charge is -2.20. The zero-order valence-corrected chi connectivity index (χ0v) is 11.4. The summed E-state index contributed by atoms with van der Waals surface area (Å²) in [5, 5.41) is 0. The first kappa shape index (κ1) is 11.3. The molecule has 3 unspecified atom stereocenters. The van der Waals surface area contributed by atoms with Crippen molar-refractivity contribution in [2.24, 2.45) is 11.8 Å². The lowest BCUT2D eigenvalue weighted by Crippen LogP contribution is -2.10. The molecule has 0 saturated heterocycles. The van der Waals surface area contributed by atoms with Crippen LogP contribution in [0.1, 0.15) is 46.0 Å². The molecule has 1 aliphatic rings. The van der Waals surface area contributed by atoms with Gasteiger partial charge in [-0.3, -0.25) is 0 Å². The average Bonchev–Trinajstić information content (AvgIpc) is 2.43. The van der Waals surface area contributed by atoms with Gasteiger partial charge < -0.3 is 12.9 Å². The Balaban J connectivity index is 2.32. The molecule has 0 radical (unpaired) electrons. The Bertz CT molecular complexity index is 127. The summed E-state index contributed by atoms with van der Waals surface area (Å²) in [4.78, 5) is 0. The summed E-state index contributed by atoms with van der Waals surface area (Å²) in [6.45, 7) is 4.75. The van der Waals surface area contributed by atoms with E-state index in [1.165, 1.54) is 32.1 Å². The molecule has 0 heterocycles. The van der Waals surface area contributed by atoms with Crippen LogP contribution in [-0.4, -0.2) is 18.2 Å². The highest BCUT2D eigenvalue weighted by Gasteiger charge is 2.32. The minimum atomic E-state index is 0.0801. The first-order chi connectivity index (χ1) is 5.79. The maximum absolute atomic E-state index is 3.79. The summed E-state index contributed by atoms with van der Waals surface area (Å²) in [7, 11) is 0. The van der Waals surface area contributed by atoms with E-state index in [4.69, 9.17) is 0 Å². The van der Waals surface area contributed by atoms with E-state index >= 15 is 0 Å². The van der Waals surface area contributed by atoms with Crippen LogP contribution < -0.4 is 0 Å². The molecule has 0 aromatic heterocycles. The molecule has 0 spiro atoms. The number of rotatable bonds is 4. The Morgan fingerprint density at radius 3 is 2.75 bits per heavy atom. The van der Waals surface area contributed by atoms with Crippen LogP contribution in [0.5, 0.6) is 0 Å². The molecule has 0 amide bonds. The van der Waals surface area contributed by atoms with E-state index in [2.05, 4.69) is 26.7 Å². The summed E-state index contributed by atoms with van der Waals surface area (Å²) >= 11 is 3.87. The summed E-state index contributed by atoms with van der Waals surface area (Å²) in [5.74, 6) is 2.11. The van der Waals surface area contributed by atoms with Crippen molar-refractivity contribution in [1.29, 1.82) is 0 Å². The molecule has 3 atom stereocenters. The zero-order chi connectivity index (χ0) is 8.97. The molecule has 0 nitrogen and oxygen atoms in total. The van der Waals surface area contributed by atoms with Gasteiger partial charge in [0.2, 0.25) is 0 Å². The van der Waals surface area contributed by atoms with Crippen LogP contribution >= 0.6 is 12.9 Å². The largest absolute Gasteiger partial charge is 0.472 e. The molecule has 2 heteroatoms. The van der Waals surface area contributed by atoms with Crippen molar-refractivity contribution in [3.8, 4) is 0 Å². The predicted octanol–water partition coefficient (Wildman–Crippen LogP) is 4.03. The Labute approximate surface area is 92.5 Å². The van der Waals surface area contributed by atoms with Crippen LogP contribution in [0.4, 0.5) is 0 Å². The van der Waals surface area contributed by atoms with Crippen LogP contribution in [0.25, 0.3) is 0 Å². The van der Waals surface area contributed by atoms with Crippen molar-refractivity contribution in [3.05, 3.63) is 0 Å². The van der Waals surface area contributed by atoms with Gasteiger partial charge in [0.1, 0.15) is 0 Å². The van der Waals surface area contributed by atoms with Crippen molar-refractivity contribution in [1.82, 2.24) is 0 Å². The Hall–Kier alpha value is 1.25. The van der Waals surface area contributed by atoms with Crippen molar-refractivity contribution in [3.63, 3.8) is 0 Å². The van der Waals surface area contributed by atoms with E-state index in [0.717, 1.165) is 15.9 Å². The first-order valence-electron chi connectivity index (χ1n) is 5.35. The quantitative estimate of drug-likeness (QED) is 0.654. The Morgan fingerprint density at radius 2 is 2.17 bits per heavy atom. The normalized spacial score (nSPS) is 35.1.